The van der Waals surface area contributed by atoms with E-state index in [-0.39, 0.29) is 12.2 Å². The van der Waals surface area contributed by atoms with Gasteiger partial charge in [0.2, 0.25) is 0 Å². The molecular formula is C15H11F3O3. The van der Waals surface area contributed by atoms with E-state index in [0.29, 0.717) is 17.2 Å². The molecule has 21 heavy (non-hydrogen) atoms. The zero-order chi connectivity index (χ0) is 15.6. The molecule has 3 nitrogen and oxygen atoms in total. The summed E-state index contributed by atoms with van der Waals surface area (Å²) in [5.74, 6) is -1.44. The molecule has 0 fully saturated rings. The second-order valence-corrected chi connectivity index (χ2v) is 4.42. The van der Waals surface area contributed by atoms with Crippen LogP contribution in [0.3, 0.4) is 0 Å². The molecule has 0 saturated carbocycles. The number of halogens is 3. The summed E-state index contributed by atoms with van der Waals surface area (Å²) in [6.07, 6.45) is -4.64. The first-order valence-corrected chi connectivity index (χ1v) is 5.97. The third-order valence-corrected chi connectivity index (χ3v) is 3.01. The van der Waals surface area contributed by atoms with Crippen LogP contribution in [0.4, 0.5) is 13.2 Å². The minimum Gasteiger partial charge on any atom is -0.478 e. The molecule has 0 saturated heterocycles. The van der Waals surface area contributed by atoms with E-state index in [1.54, 1.807) is 18.2 Å². The van der Waals surface area contributed by atoms with Crippen LogP contribution in [0, 0.1) is 0 Å². The first-order valence-electron chi connectivity index (χ1n) is 5.97. The van der Waals surface area contributed by atoms with Gasteiger partial charge in [0.05, 0.1) is 17.7 Å². The molecule has 2 aromatic carbocycles. The highest BCUT2D eigenvalue weighted by molar-refractivity contribution is 5.90. The Morgan fingerprint density at radius 3 is 2.33 bits per heavy atom. The van der Waals surface area contributed by atoms with E-state index in [0.717, 1.165) is 12.1 Å². The molecule has 0 aromatic heterocycles. The van der Waals surface area contributed by atoms with Crippen LogP contribution < -0.4 is 0 Å². The molecule has 0 aliphatic rings. The number of aromatic carboxylic acids is 1. The fourth-order valence-electron chi connectivity index (χ4n) is 2.01. The van der Waals surface area contributed by atoms with Gasteiger partial charge in [0, 0.05) is 0 Å². The summed E-state index contributed by atoms with van der Waals surface area (Å²) in [6.45, 7) is -0.352. The second-order valence-electron chi connectivity index (χ2n) is 4.42. The lowest BCUT2D eigenvalue weighted by Gasteiger charge is -2.13. The monoisotopic (exact) mass is 296 g/mol. The zero-order valence-corrected chi connectivity index (χ0v) is 10.7. The number of aliphatic hydroxyl groups excluding tert-OH is 1. The van der Waals surface area contributed by atoms with E-state index in [4.69, 9.17) is 5.11 Å². The van der Waals surface area contributed by atoms with Crippen molar-refractivity contribution in [3.63, 3.8) is 0 Å². The lowest BCUT2D eigenvalue weighted by atomic mass is 9.96. The standard InChI is InChI=1S/C15H11F3O3/c16-15(17,18)12-6-10(5-11(7-12)14(20)21)13-4-2-1-3-9(13)8-19/h1-7,19H,8H2,(H,20,21). The quantitative estimate of drug-likeness (QED) is 0.910. The van der Waals surface area contributed by atoms with Crippen molar-refractivity contribution >= 4 is 5.97 Å². The predicted octanol–water partition coefficient (Wildman–Crippen LogP) is 3.56. The number of hydrogen-bond donors (Lipinski definition) is 2. The van der Waals surface area contributed by atoms with Crippen molar-refractivity contribution in [3.05, 3.63) is 59.2 Å². The normalized spacial score (nSPS) is 11.4. The highest BCUT2D eigenvalue weighted by atomic mass is 19.4. The first-order chi connectivity index (χ1) is 9.82. The summed E-state index contributed by atoms with van der Waals surface area (Å²) in [5.41, 5.74) is -0.591. The lowest BCUT2D eigenvalue weighted by molar-refractivity contribution is -0.137. The van der Waals surface area contributed by atoms with Gasteiger partial charge in [-0.2, -0.15) is 13.2 Å². The van der Waals surface area contributed by atoms with Crippen LogP contribution in [-0.2, 0) is 12.8 Å². The maximum absolute atomic E-state index is 12.9. The van der Waals surface area contributed by atoms with Gasteiger partial charge >= 0.3 is 12.1 Å². The molecule has 0 spiro atoms. The summed E-state index contributed by atoms with van der Waals surface area (Å²) in [5, 5.41) is 18.2. The third kappa shape index (κ3) is 3.22. The summed E-state index contributed by atoms with van der Waals surface area (Å²) in [4.78, 5) is 11.0. The van der Waals surface area contributed by atoms with Crippen molar-refractivity contribution in [2.45, 2.75) is 12.8 Å². The molecule has 0 unspecified atom stereocenters. The zero-order valence-electron chi connectivity index (χ0n) is 10.7. The number of hydrogen-bond acceptors (Lipinski definition) is 2. The van der Waals surface area contributed by atoms with Crippen LogP contribution in [0.25, 0.3) is 11.1 Å². The van der Waals surface area contributed by atoms with Gasteiger partial charge in [0.15, 0.2) is 0 Å². The predicted molar refractivity (Wildman–Crippen MR) is 69.8 cm³/mol. The topological polar surface area (TPSA) is 57.5 Å². The van der Waals surface area contributed by atoms with Crippen LogP contribution in [0.1, 0.15) is 21.5 Å². The van der Waals surface area contributed by atoms with E-state index < -0.39 is 23.3 Å². The summed E-state index contributed by atoms with van der Waals surface area (Å²) in [6, 6.07) is 8.97. The Bertz CT molecular complexity index is 678. The van der Waals surface area contributed by atoms with Crippen molar-refractivity contribution in [3.8, 4) is 11.1 Å². The van der Waals surface area contributed by atoms with Gasteiger partial charge in [-0.25, -0.2) is 4.79 Å². The van der Waals surface area contributed by atoms with E-state index in [1.165, 1.54) is 6.07 Å². The van der Waals surface area contributed by atoms with Gasteiger partial charge in [-0.15, -0.1) is 0 Å². The second kappa shape index (κ2) is 5.57. The number of alkyl halides is 3. The Hall–Kier alpha value is -2.34. The molecule has 0 heterocycles. The van der Waals surface area contributed by atoms with Gasteiger partial charge in [0.25, 0.3) is 0 Å². The first kappa shape index (κ1) is 15.1. The Labute approximate surface area is 118 Å². The fourth-order valence-corrected chi connectivity index (χ4v) is 2.01. The van der Waals surface area contributed by atoms with Crippen LogP contribution >= 0.6 is 0 Å². The largest absolute Gasteiger partial charge is 0.478 e. The summed E-state index contributed by atoms with van der Waals surface area (Å²) >= 11 is 0. The van der Waals surface area contributed by atoms with Crippen molar-refractivity contribution in [1.29, 1.82) is 0 Å². The van der Waals surface area contributed by atoms with Gasteiger partial charge in [-0.05, 0) is 34.9 Å². The third-order valence-electron chi connectivity index (χ3n) is 3.01. The van der Waals surface area contributed by atoms with Crippen LogP contribution in [-0.4, -0.2) is 16.2 Å². The average molecular weight is 296 g/mol. The van der Waals surface area contributed by atoms with Crippen LogP contribution in [0.2, 0.25) is 0 Å². The van der Waals surface area contributed by atoms with Gasteiger partial charge < -0.3 is 10.2 Å². The van der Waals surface area contributed by atoms with Gasteiger partial charge in [-0.1, -0.05) is 24.3 Å². The molecule has 0 aliphatic heterocycles. The molecular weight excluding hydrogens is 285 g/mol. The minimum atomic E-state index is -4.64. The number of carboxylic acids is 1. The molecule has 2 aromatic rings. The highest BCUT2D eigenvalue weighted by Gasteiger charge is 2.32. The van der Waals surface area contributed by atoms with E-state index in [9.17, 15) is 23.1 Å². The van der Waals surface area contributed by atoms with E-state index in [1.807, 2.05) is 0 Å². The average Bonchev–Trinajstić information content (AvgIpc) is 2.45. The van der Waals surface area contributed by atoms with Crippen LogP contribution in [0.5, 0.6) is 0 Å². The molecule has 0 atom stereocenters. The maximum Gasteiger partial charge on any atom is 0.416 e. The Kier molecular flexibility index (Phi) is 3.99. The number of aliphatic hydroxyl groups is 1. The smallest absolute Gasteiger partial charge is 0.416 e. The van der Waals surface area contributed by atoms with E-state index >= 15 is 0 Å². The fraction of sp³-hybridized carbons (Fsp3) is 0.133. The molecule has 2 N–H and O–H groups in total. The maximum atomic E-state index is 12.9. The number of carboxylic acid groups (broad SMARTS) is 1. The number of benzene rings is 2. The Balaban J connectivity index is 2.68. The van der Waals surface area contributed by atoms with Gasteiger partial charge in [-0.3, -0.25) is 0 Å². The minimum absolute atomic E-state index is 0.104. The summed E-state index contributed by atoms with van der Waals surface area (Å²) < 4.78 is 38.6. The van der Waals surface area contributed by atoms with Crippen molar-refractivity contribution < 1.29 is 28.2 Å². The Morgan fingerprint density at radius 2 is 1.76 bits per heavy atom. The van der Waals surface area contributed by atoms with Crippen LogP contribution in [0.15, 0.2) is 42.5 Å². The Morgan fingerprint density at radius 1 is 1.10 bits per heavy atom. The molecule has 0 radical (unpaired) electrons. The highest BCUT2D eigenvalue weighted by Crippen LogP contribution is 2.34. The van der Waals surface area contributed by atoms with Crippen molar-refractivity contribution in [2.24, 2.45) is 0 Å². The number of rotatable bonds is 3. The van der Waals surface area contributed by atoms with Crippen molar-refractivity contribution in [2.75, 3.05) is 0 Å². The summed E-state index contributed by atoms with van der Waals surface area (Å²) in [7, 11) is 0. The number of carbonyl (C=O) groups is 1. The SMILES string of the molecule is O=C(O)c1cc(-c2ccccc2CO)cc(C(F)(F)F)c1. The lowest BCUT2D eigenvalue weighted by Crippen LogP contribution is -2.08. The molecule has 2 rings (SSSR count). The molecule has 110 valence electrons. The van der Waals surface area contributed by atoms with E-state index in [2.05, 4.69) is 0 Å². The van der Waals surface area contributed by atoms with Gasteiger partial charge in [0.1, 0.15) is 0 Å². The van der Waals surface area contributed by atoms with Crippen molar-refractivity contribution in [1.82, 2.24) is 0 Å². The molecule has 0 amide bonds. The molecule has 6 heteroatoms. The molecule has 0 aliphatic carbocycles. The molecule has 0 bridgehead atoms.